The van der Waals surface area contributed by atoms with E-state index in [1.165, 1.54) is 12.3 Å². The first-order valence-electron chi connectivity index (χ1n) is 7.59. The van der Waals surface area contributed by atoms with Crippen molar-refractivity contribution in [3.05, 3.63) is 58.7 Å². The number of nitrogens with zero attached hydrogens (tertiary/aromatic N) is 2. The van der Waals surface area contributed by atoms with Crippen molar-refractivity contribution in [3.63, 3.8) is 0 Å². The Kier molecular flexibility index (Phi) is 5.56. The van der Waals surface area contributed by atoms with Crippen LogP contribution < -0.4 is 5.73 Å². The molecule has 7 heteroatoms. The molecular formula is C17H22FN3O2S. The first-order chi connectivity index (χ1) is 11.2. The van der Waals surface area contributed by atoms with Gasteiger partial charge in [0.25, 0.3) is 0 Å². The largest absolute Gasteiger partial charge is 0.327 e. The van der Waals surface area contributed by atoms with Crippen LogP contribution in [0.3, 0.4) is 0 Å². The molecule has 0 radical (unpaired) electrons. The van der Waals surface area contributed by atoms with Gasteiger partial charge >= 0.3 is 0 Å². The maximum absolute atomic E-state index is 13.7. The molecule has 1 aromatic heterocycles. The molecule has 0 saturated carbocycles. The third-order valence-electron chi connectivity index (χ3n) is 3.90. The van der Waals surface area contributed by atoms with Gasteiger partial charge in [-0.15, -0.1) is 0 Å². The Morgan fingerprint density at radius 1 is 1.29 bits per heavy atom. The maximum Gasteiger partial charge on any atom is 0.175 e. The van der Waals surface area contributed by atoms with Crippen LogP contribution >= 0.6 is 0 Å². The van der Waals surface area contributed by atoms with Crippen LogP contribution in [0.25, 0.3) is 0 Å². The minimum Gasteiger partial charge on any atom is -0.327 e. The van der Waals surface area contributed by atoms with Crippen molar-refractivity contribution in [2.45, 2.75) is 31.7 Å². The molecule has 0 amide bonds. The fourth-order valence-corrected chi connectivity index (χ4v) is 3.17. The number of hydrogen-bond donors (Lipinski definition) is 1. The lowest BCUT2D eigenvalue weighted by Gasteiger charge is -2.06. The van der Waals surface area contributed by atoms with Gasteiger partial charge in [0.05, 0.1) is 17.1 Å². The standard InChI is InChI=1S/C17H22FN3O2S/c1-12-17(13(2)21(20-12)11-15(18)8-9-19)10-14-4-6-16(7-5-14)24(3,22)23/h4-8H,9-11,19H2,1-3H3/b15-8-. The van der Waals surface area contributed by atoms with E-state index in [1.807, 2.05) is 13.8 Å². The summed E-state index contributed by atoms with van der Waals surface area (Å²) in [5.41, 5.74) is 9.03. The number of aromatic nitrogens is 2. The normalized spacial score (nSPS) is 12.6. The van der Waals surface area contributed by atoms with E-state index < -0.39 is 9.84 Å². The van der Waals surface area contributed by atoms with Crippen LogP contribution in [-0.2, 0) is 22.8 Å². The summed E-state index contributed by atoms with van der Waals surface area (Å²) in [5.74, 6) is -0.313. The van der Waals surface area contributed by atoms with Gasteiger partial charge < -0.3 is 5.73 Å². The van der Waals surface area contributed by atoms with E-state index >= 15 is 0 Å². The molecule has 0 fully saturated rings. The zero-order valence-corrected chi connectivity index (χ0v) is 14.9. The molecule has 2 aromatic rings. The molecule has 2 rings (SSSR count). The highest BCUT2D eigenvalue weighted by Crippen LogP contribution is 2.20. The number of sulfone groups is 1. The summed E-state index contributed by atoms with van der Waals surface area (Å²) in [6.07, 6.45) is 3.13. The molecule has 0 aliphatic rings. The number of rotatable bonds is 6. The summed E-state index contributed by atoms with van der Waals surface area (Å²) >= 11 is 0. The minimum atomic E-state index is -3.20. The van der Waals surface area contributed by atoms with Crippen LogP contribution in [0.4, 0.5) is 4.39 Å². The van der Waals surface area contributed by atoms with E-state index in [9.17, 15) is 12.8 Å². The van der Waals surface area contributed by atoms with Crippen LogP contribution in [0.2, 0.25) is 0 Å². The van der Waals surface area contributed by atoms with Crippen LogP contribution in [0.15, 0.2) is 41.1 Å². The Labute approximate surface area is 141 Å². The quantitative estimate of drug-likeness (QED) is 0.866. The first kappa shape index (κ1) is 18.4. The second kappa shape index (κ2) is 7.27. The highest BCUT2D eigenvalue weighted by atomic mass is 32.2. The minimum absolute atomic E-state index is 0.0664. The van der Waals surface area contributed by atoms with Gasteiger partial charge in [-0.25, -0.2) is 12.8 Å². The molecule has 24 heavy (non-hydrogen) atoms. The molecule has 1 heterocycles. The van der Waals surface area contributed by atoms with Crippen molar-refractivity contribution >= 4 is 9.84 Å². The van der Waals surface area contributed by atoms with Crippen molar-refractivity contribution in [1.29, 1.82) is 0 Å². The lowest BCUT2D eigenvalue weighted by molar-refractivity contribution is 0.517. The number of benzene rings is 1. The zero-order chi connectivity index (χ0) is 17.9. The van der Waals surface area contributed by atoms with Gasteiger partial charge in [-0.3, -0.25) is 4.68 Å². The Morgan fingerprint density at radius 2 is 1.92 bits per heavy atom. The van der Waals surface area contributed by atoms with Gasteiger partial charge in [-0.05, 0) is 37.6 Å². The Hall–Kier alpha value is -1.99. The fraction of sp³-hybridized carbons (Fsp3) is 0.353. The molecule has 0 saturated heterocycles. The van der Waals surface area contributed by atoms with Crippen molar-refractivity contribution in [2.75, 3.05) is 12.8 Å². The molecule has 1 aromatic carbocycles. The van der Waals surface area contributed by atoms with Crippen LogP contribution in [0.5, 0.6) is 0 Å². The molecule has 0 aliphatic carbocycles. The predicted octanol–water partition coefficient (Wildman–Crippen LogP) is 2.31. The Bertz CT molecular complexity index is 853. The number of allylic oxidation sites excluding steroid dienone is 1. The summed E-state index contributed by atoms with van der Waals surface area (Å²) in [4.78, 5) is 0.296. The smallest absolute Gasteiger partial charge is 0.175 e. The van der Waals surface area contributed by atoms with Crippen molar-refractivity contribution < 1.29 is 12.8 Å². The SMILES string of the molecule is Cc1nn(C/C(F)=C/CN)c(C)c1Cc1ccc(S(C)(=O)=O)cc1. The number of aryl methyl sites for hydroxylation is 1. The van der Waals surface area contributed by atoms with E-state index in [0.717, 1.165) is 22.5 Å². The molecule has 2 N–H and O–H groups in total. The topological polar surface area (TPSA) is 78.0 Å². The highest BCUT2D eigenvalue weighted by Gasteiger charge is 2.14. The monoisotopic (exact) mass is 351 g/mol. The van der Waals surface area contributed by atoms with Gasteiger partial charge in [0.1, 0.15) is 5.83 Å². The lowest BCUT2D eigenvalue weighted by Crippen LogP contribution is -2.05. The second-order valence-electron chi connectivity index (χ2n) is 5.79. The van der Waals surface area contributed by atoms with Crippen LogP contribution in [0.1, 0.15) is 22.5 Å². The van der Waals surface area contributed by atoms with Crippen LogP contribution in [-0.4, -0.2) is 31.0 Å². The highest BCUT2D eigenvalue weighted by molar-refractivity contribution is 7.90. The van der Waals surface area contributed by atoms with E-state index in [4.69, 9.17) is 5.73 Å². The van der Waals surface area contributed by atoms with Crippen molar-refractivity contribution in [2.24, 2.45) is 5.73 Å². The second-order valence-corrected chi connectivity index (χ2v) is 7.80. The molecular weight excluding hydrogens is 329 g/mol. The molecule has 130 valence electrons. The van der Waals surface area contributed by atoms with Gasteiger partial charge in [-0.2, -0.15) is 5.10 Å². The average molecular weight is 351 g/mol. The first-order valence-corrected chi connectivity index (χ1v) is 9.48. The third kappa shape index (κ3) is 4.30. The molecule has 5 nitrogen and oxygen atoms in total. The summed E-state index contributed by atoms with van der Waals surface area (Å²) in [5, 5.41) is 4.38. The number of hydrogen-bond acceptors (Lipinski definition) is 4. The molecule has 0 aliphatic heterocycles. The van der Waals surface area contributed by atoms with Crippen molar-refractivity contribution in [3.8, 4) is 0 Å². The summed E-state index contributed by atoms with van der Waals surface area (Å²) < 4.78 is 38.3. The number of nitrogens with two attached hydrogens (primary N) is 1. The fourth-order valence-electron chi connectivity index (χ4n) is 2.54. The van der Waals surface area contributed by atoms with E-state index in [0.29, 0.717) is 11.3 Å². The van der Waals surface area contributed by atoms with E-state index in [2.05, 4.69) is 5.10 Å². The van der Waals surface area contributed by atoms with Gasteiger partial charge in [0.15, 0.2) is 9.84 Å². The number of halogens is 1. The Balaban J connectivity index is 2.24. The zero-order valence-electron chi connectivity index (χ0n) is 14.1. The van der Waals surface area contributed by atoms with Gasteiger partial charge in [0.2, 0.25) is 0 Å². The summed E-state index contributed by atoms with van der Waals surface area (Å²) in [6, 6.07) is 6.79. The third-order valence-corrected chi connectivity index (χ3v) is 5.03. The van der Waals surface area contributed by atoms with Crippen molar-refractivity contribution in [1.82, 2.24) is 9.78 Å². The molecule has 0 bridgehead atoms. The van der Waals surface area contributed by atoms with Gasteiger partial charge in [0, 0.05) is 30.5 Å². The van der Waals surface area contributed by atoms with E-state index in [1.54, 1.807) is 28.9 Å². The van der Waals surface area contributed by atoms with E-state index in [-0.39, 0.29) is 18.9 Å². The predicted molar refractivity (Wildman–Crippen MR) is 92.3 cm³/mol. The van der Waals surface area contributed by atoms with Crippen LogP contribution in [0, 0.1) is 13.8 Å². The summed E-state index contributed by atoms with van der Waals surface area (Å²) in [7, 11) is -3.20. The molecule has 0 spiro atoms. The average Bonchev–Trinajstić information content (AvgIpc) is 2.75. The summed E-state index contributed by atoms with van der Waals surface area (Å²) in [6.45, 7) is 4.01. The Morgan fingerprint density at radius 3 is 2.46 bits per heavy atom. The van der Waals surface area contributed by atoms with Gasteiger partial charge in [-0.1, -0.05) is 12.1 Å². The molecule has 0 atom stereocenters. The molecule has 0 unspecified atom stereocenters. The lowest BCUT2D eigenvalue weighted by atomic mass is 10.0. The maximum atomic E-state index is 13.7.